The van der Waals surface area contributed by atoms with Crippen LogP contribution < -0.4 is 10.1 Å². The van der Waals surface area contributed by atoms with Crippen molar-refractivity contribution in [1.29, 1.82) is 0 Å². The lowest BCUT2D eigenvalue weighted by atomic mass is 9.99. The van der Waals surface area contributed by atoms with Crippen LogP contribution in [0, 0.1) is 11.7 Å². The third kappa shape index (κ3) is 6.75. The molecule has 7 heteroatoms. The van der Waals surface area contributed by atoms with Crippen LogP contribution in [0.3, 0.4) is 0 Å². The number of benzene rings is 1. The molecule has 0 spiro atoms. The van der Waals surface area contributed by atoms with Crippen molar-refractivity contribution in [3.63, 3.8) is 0 Å². The van der Waals surface area contributed by atoms with Crippen molar-refractivity contribution in [1.82, 2.24) is 10.2 Å². The Hall–Kier alpha value is -1.70. The third-order valence-corrected chi connectivity index (χ3v) is 4.51. The first-order valence-corrected chi connectivity index (χ1v) is 9.50. The fourth-order valence-electron chi connectivity index (χ4n) is 3.44. The Kier molecular flexibility index (Phi) is 8.01. The molecule has 1 heterocycles. The number of hydrogen-bond donors (Lipinski definition) is 2. The van der Waals surface area contributed by atoms with Crippen LogP contribution in [0.1, 0.15) is 27.7 Å². The van der Waals surface area contributed by atoms with Crippen molar-refractivity contribution in [2.45, 2.75) is 52.0 Å². The van der Waals surface area contributed by atoms with E-state index in [4.69, 9.17) is 9.47 Å². The number of rotatable bonds is 8. The van der Waals surface area contributed by atoms with Crippen LogP contribution in [0.25, 0.3) is 0 Å². The van der Waals surface area contributed by atoms with Gasteiger partial charge in [-0.05, 0) is 44.0 Å². The van der Waals surface area contributed by atoms with Gasteiger partial charge in [0.2, 0.25) is 5.91 Å². The zero-order valence-corrected chi connectivity index (χ0v) is 16.5. The SMILES string of the molecule is CC1CN(C(C(=O)NCC(O)COc2ccc(F)cc2)C(C)C)CC(C)O1. The maximum Gasteiger partial charge on any atom is 0.237 e. The minimum atomic E-state index is -0.852. The summed E-state index contributed by atoms with van der Waals surface area (Å²) >= 11 is 0. The highest BCUT2D eigenvalue weighted by molar-refractivity contribution is 5.82. The molecule has 27 heavy (non-hydrogen) atoms. The lowest BCUT2D eigenvalue weighted by molar-refractivity contribution is -0.135. The van der Waals surface area contributed by atoms with Gasteiger partial charge in [-0.3, -0.25) is 9.69 Å². The number of ether oxygens (including phenoxy) is 2. The summed E-state index contributed by atoms with van der Waals surface area (Å²) < 4.78 is 24.0. The Morgan fingerprint density at radius 3 is 2.44 bits per heavy atom. The van der Waals surface area contributed by atoms with E-state index in [0.29, 0.717) is 18.8 Å². The molecule has 1 aromatic carbocycles. The molecule has 1 aliphatic rings. The standard InChI is InChI=1S/C20H31FN2O4/c1-13(2)19(23-10-14(3)27-15(4)11-23)20(25)22-9-17(24)12-26-18-7-5-16(21)6-8-18/h5-8,13-15,17,19,24H,9-12H2,1-4H3,(H,22,25). The Labute approximate surface area is 160 Å². The van der Waals surface area contributed by atoms with E-state index in [1.807, 2.05) is 27.7 Å². The quantitative estimate of drug-likeness (QED) is 0.718. The van der Waals surface area contributed by atoms with Gasteiger partial charge < -0.3 is 19.9 Å². The number of nitrogens with one attached hydrogen (secondary N) is 1. The summed E-state index contributed by atoms with van der Waals surface area (Å²) in [5, 5.41) is 12.9. The van der Waals surface area contributed by atoms with E-state index in [1.165, 1.54) is 24.3 Å². The number of carbonyl (C=O) groups is 1. The second-order valence-corrected chi connectivity index (χ2v) is 7.56. The van der Waals surface area contributed by atoms with E-state index in [1.54, 1.807) is 0 Å². The number of morpholine rings is 1. The topological polar surface area (TPSA) is 71.0 Å². The van der Waals surface area contributed by atoms with E-state index in [0.717, 1.165) is 0 Å². The Balaban J connectivity index is 1.83. The molecule has 0 aromatic heterocycles. The predicted molar refractivity (Wildman–Crippen MR) is 101 cm³/mol. The molecule has 1 aromatic rings. The summed E-state index contributed by atoms with van der Waals surface area (Å²) in [4.78, 5) is 14.9. The highest BCUT2D eigenvalue weighted by Crippen LogP contribution is 2.18. The van der Waals surface area contributed by atoms with Gasteiger partial charge in [0.05, 0.1) is 18.2 Å². The van der Waals surface area contributed by atoms with E-state index >= 15 is 0 Å². The lowest BCUT2D eigenvalue weighted by Crippen LogP contribution is -2.57. The van der Waals surface area contributed by atoms with E-state index < -0.39 is 6.10 Å². The van der Waals surface area contributed by atoms with Gasteiger partial charge in [0.15, 0.2) is 0 Å². The second-order valence-electron chi connectivity index (χ2n) is 7.56. The number of hydrogen-bond acceptors (Lipinski definition) is 5. The molecule has 1 amide bonds. The summed E-state index contributed by atoms with van der Waals surface area (Å²) in [5.41, 5.74) is 0. The fourth-order valence-corrected chi connectivity index (χ4v) is 3.44. The molecule has 0 bridgehead atoms. The molecule has 2 N–H and O–H groups in total. The summed E-state index contributed by atoms with van der Waals surface area (Å²) in [6.07, 6.45) is -0.690. The largest absolute Gasteiger partial charge is 0.491 e. The van der Waals surface area contributed by atoms with Gasteiger partial charge >= 0.3 is 0 Å². The second kappa shape index (κ2) is 10.0. The number of amides is 1. The minimum absolute atomic E-state index is 0.0177. The molecule has 0 saturated carbocycles. The number of carbonyl (C=O) groups excluding carboxylic acids is 1. The molecular weight excluding hydrogens is 351 g/mol. The molecule has 0 radical (unpaired) electrons. The smallest absolute Gasteiger partial charge is 0.237 e. The molecular formula is C20H31FN2O4. The van der Waals surface area contributed by atoms with Crippen LogP contribution in [0.4, 0.5) is 4.39 Å². The molecule has 1 fully saturated rings. The maximum absolute atomic E-state index is 12.9. The van der Waals surface area contributed by atoms with Gasteiger partial charge in [0, 0.05) is 19.6 Å². The first kappa shape index (κ1) is 21.6. The summed E-state index contributed by atoms with van der Waals surface area (Å²) in [6.45, 7) is 9.57. The highest BCUT2D eigenvalue weighted by atomic mass is 19.1. The maximum atomic E-state index is 12.9. The molecule has 1 saturated heterocycles. The zero-order chi connectivity index (χ0) is 20.0. The van der Waals surface area contributed by atoms with Gasteiger partial charge in [-0.15, -0.1) is 0 Å². The van der Waals surface area contributed by atoms with Gasteiger partial charge in [-0.25, -0.2) is 4.39 Å². The van der Waals surface area contributed by atoms with Gasteiger partial charge in [-0.2, -0.15) is 0 Å². The number of aliphatic hydroxyl groups excluding tert-OH is 1. The minimum Gasteiger partial charge on any atom is -0.491 e. The van der Waals surface area contributed by atoms with Crippen LogP contribution in [0.15, 0.2) is 24.3 Å². The normalized spacial score (nSPS) is 23.1. The van der Waals surface area contributed by atoms with Crippen LogP contribution in [-0.4, -0.2) is 66.5 Å². The van der Waals surface area contributed by atoms with Crippen LogP contribution >= 0.6 is 0 Å². The average Bonchev–Trinajstić information content (AvgIpc) is 2.58. The van der Waals surface area contributed by atoms with Crippen molar-refractivity contribution in [2.24, 2.45) is 5.92 Å². The van der Waals surface area contributed by atoms with Crippen molar-refractivity contribution in [2.75, 3.05) is 26.2 Å². The number of halogens is 1. The van der Waals surface area contributed by atoms with Crippen molar-refractivity contribution in [3.05, 3.63) is 30.1 Å². The van der Waals surface area contributed by atoms with Crippen molar-refractivity contribution < 1.29 is 23.8 Å². The molecule has 6 nitrogen and oxygen atoms in total. The Morgan fingerprint density at radius 1 is 1.30 bits per heavy atom. The summed E-state index contributed by atoms with van der Waals surface area (Å²) in [7, 11) is 0. The van der Waals surface area contributed by atoms with Crippen LogP contribution in [0.2, 0.25) is 0 Å². The first-order valence-electron chi connectivity index (χ1n) is 9.50. The average molecular weight is 382 g/mol. The lowest BCUT2D eigenvalue weighted by Gasteiger charge is -2.41. The summed E-state index contributed by atoms with van der Waals surface area (Å²) in [6, 6.07) is 5.30. The number of aliphatic hydroxyl groups is 1. The van der Waals surface area contributed by atoms with Crippen molar-refractivity contribution >= 4 is 5.91 Å². The number of nitrogens with zero attached hydrogens (tertiary/aromatic N) is 1. The Morgan fingerprint density at radius 2 is 1.89 bits per heavy atom. The highest BCUT2D eigenvalue weighted by Gasteiger charge is 2.34. The molecule has 0 aliphatic carbocycles. The van der Waals surface area contributed by atoms with Gasteiger partial charge in [0.1, 0.15) is 24.3 Å². The van der Waals surface area contributed by atoms with Crippen molar-refractivity contribution in [3.8, 4) is 5.75 Å². The van der Waals surface area contributed by atoms with E-state index in [9.17, 15) is 14.3 Å². The van der Waals surface area contributed by atoms with E-state index in [-0.39, 0.29) is 49.0 Å². The molecule has 1 aliphatic heterocycles. The molecule has 4 atom stereocenters. The first-order chi connectivity index (χ1) is 12.8. The molecule has 152 valence electrons. The van der Waals surface area contributed by atoms with Crippen LogP contribution in [-0.2, 0) is 9.53 Å². The zero-order valence-electron chi connectivity index (χ0n) is 16.5. The van der Waals surface area contributed by atoms with Gasteiger partial charge in [0.25, 0.3) is 0 Å². The summed E-state index contributed by atoms with van der Waals surface area (Å²) in [5.74, 6) is 0.155. The molecule has 2 rings (SSSR count). The fraction of sp³-hybridized carbons (Fsp3) is 0.650. The third-order valence-electron chi connectivity index (χ3n) is 4.51. The monoisotopic (exact) mass is 382 g/mol. The molecule has 4 unspecified atom stereocenters. The predicted octanol–water partition coefficient (Wildman–Crippen LogP) is 1.82. The van der Waals surface area contributed by atoms with Crippen LogP contribution in [0.5, 0.6) is 5.75 Å². The van der Waals surface area contributed by atoms with E-state index in [2.05, 4.69) is 10.2 Å². The Bertz CT molecular complexity index is 586. The van der Waals surface area contributed by atoms with Gasteiger partial charge in [-0.1, -0.05) is 13.8 Å².